The molecule has 98 valence electrons. The van der Waals surface area contributed by atoms with Crippen LogP contribution in [0.5, 0.6) is 0 Å². The van der Waals surface area contributed by atoms with Crippen LogP contribution in [0.1, 0.15) is 11.3 Å². The predicted molar refractivity (Wildman–Crippen MR) is 59.8 cm³/mol. The van der Waals surface area contributed by atoms with Gasteiger partial charge in [-0.3, -0.25) is 0 Å². The van der Waals surface area contributed by atoms with Crippen molar-refractivity contribution < 1.29 is 22.3 Å². The lowest BCUT2D eigenvalue weighted by molar-refractivity contribution is -0.176. The Bertz CT molecular complexity index is 534. The van der Waals surface area contributed by atoms with Crippen LogP contribution in [0.4, 0.5) is 13.2 Å². The van der Waals surface area contributed by atoms with E-state index in [1.807, 2.05) is 0 Å². The Balaban J connectivity index is 2.20. The molecule has 0 aliphatic rings. The monoisotopic (exact) mass is 259 g/mol. The molecule has 2 N–H and O–H groups in total. The average molecular weight is 259 g/mol. The molecule has 0 atom stereocenters. The summed E-state index contributed by atoms with van der Waals surface area (Å²) in [6, 6.07) is 7.07. The third-order valence-corrected chi connectivity index (χ3v) is 2.48. The fraction of sp³-hybridized carbons (Fsp3) is 0.333. The molecular weight excluding hydrogens is 247 g/mol. The van der Waals surface area contributed by atoms with E-state index < -0.39 is 12.8 Å². The van der Waals surface area contributed by atoms with Crippen LogP contribution in [0, 0.1) is 0 Å². The number of furan rings is 1. The van der Waals surface area contributed by atoms with Crippen LogP contribution < -0.4 is 5.73 Å². The van der Waals surface area contributed by atoms with Crippen molar-refractivity contribution in [3.05, 3.63) is 35.6 Å². The highest BCUT2D eigenvalue weighted by Gasteiger charge is 2.27. The van der Waals surface area contributed by atoms with Gasteiger partial charge in [-0.05, 0) is 6.07 Å². The fourth-order valence-corrected chi connectivity index (χ4v) is 1.74. The highest BCUT2D eigenvalue weighted by molar-refractivity contribution is 5.82. The lowest BCUT2D eigenvalue weighted by atomic mass is 10.1. The Kier molecular flexibility index (Phi) is 3.58. The summed E-state index contributed by atoms with van der Waals surface area (Å²) < 4.78 is 46.1. The summed E-state index contributed by atoms with van der Waals surface area (Å²) in [5, 5.41) is 0.736. The largest absolute Gasteiger partial charge is 0.459 e. The highest BCUT2D eigenvalue weighted by atomic mass is 19.4. The van der Waals surface area contributed by atoms with Gasteiger partial charge in [-0.25, -0.2) is 0 Å². The second kappa shape index (κ2) is 4.99. The molecule has 0 amide bonds. The summed E-state index contributed by atoms with van der Waals surface area (Å²) in [6.45, 7) is -1.32. The Morgan fingerprint density at radius 3 is 2.61 bits per heavy atom. The molecule has 0 saturated heterocycles. The van der Waals surface area contributed by atoms with Crippen molar-refractivity contribution in [2.24, 2.45) is 5.73 Å². The Morgan fingerprint density at radius 1 is 1.22 bits per heavy atom. The lowest BCUT2D eigenvalue weighted by Crippen LogP contribution is -2.17. The number of hydrogen-bond acceptors (Lipinski definition) is 3. The standard InChI is InChI=1S/C12H12F3NO2/c13-12(14,15)7-17-6-9-8-3-1-2-4-10(8)18-11(9)5-16/h1-4H,5-7,16H2. The maximum Gasteiger partial charge on any atom is 0.411 e. The second-order valence-electron chi connectivity index (χ2n) is 3.81. The number of ether oxygens (including phenoxy) is 1. The maximum absolute atomic E-state index is 12.0. The summed E-state index contributed by atoms with van der Waals surface area (Å²) in [5.74, 6) is 0.457. The van der Waals surface area contributed by atoms with E-state index in [9.17, 15) is 13.2 Å². The number of alkyl halides is 3. The van der Waals surface area contributed by atoms with Crippen LogP contribution >= 0.6 is 0 Å². The zero-order valence-electron chi connectivity index (χ0n) is 9.46. The zero-order valence-corrected chi connectivity index (χ0v) is 9.46. The van der Waals surface area contributed by atoms with Gasteiger partial charge in [0.2, 0.25) is 0 Å². The Labute approximate surface area is 101 Å². The van der Waals surface area contributed by atoms with Gasteiger partial charge in [-0.2, -0.15) is 13.2 Å². The van der Waals surface area contributed by atoms with E-state index in [2.05, 4.69) is 4.74 Å². The van der Waals surface area contributed by atoms with E-state index in [1.165, 1.54) is 0 Å². The molecule has 0 spiro atoms. The molecule has 0 radical (unpaired) electrons. The van der Waals surface area contributed by atoms with Crippen molar-refractivity contribution in [2.45, 2.75) is 19.3 Å². The first kappa shape index (κ1) is 12.9. The second-order valence-corrected chi connectivity index (χ2v) is 3.81. The number of para-hydroxylation sites is 1. The van der Waals surface area contributed by atoms with Gasteiger partial charge < -0.3 is 14.9 Å². The summed E-state index contributed by atoms with van der Waals surface area (Å²) >= 11 is 0. The minimum atomic E-state index is -4.33. The number of halogens is 3. The van der Waals surface area contributed by atoms with E-state index in [1.54, 1.807) is 24.3 Å². The normalized spacial score (nSPS) is 12.2. The average Bonchev–Trinajstić information content (AvgIpc) is 2.66. The van der Waals surface area contributed by atoms with Gasteiger partial charge in [0.05, 0.1) is 13.2 Å². The first-order valence-corrected chi connectivity index (χ1v) is 5.35. The molecule has 0 saturated carbocycles. The number of fused-ring (bicyclic) bond motifs is 1. The highest BCUT2D eigenvalue weighted by Crippen LogP contribution is 2.27. The number of hydrogen-bond donors (Lipinski definition) is 1. The van der Waals surface area contributed by atoms with Gasteiger partial charge in [-0.1, -0.05) is 18.2 Å². The van der Waals surface area contributed by atoms with Gasteiger partial charge >= 0.3 is 6.18 Å². The van der Waals surface area contributed by atoms with E-state index in [4.69, 9.17) is 10.2 Å². The number of rotatable bonds is 4. The molecule has 2 aromatic rings. The fourth-order valence-electron chi connectivity index (χ4n) is 1.74. The van der Waals surface area contributed by atoms with E-state index in [0.717, 1.165) is 5.39 Å². The molecule has 3 nitrogen and oxygen atoms in total. The van der Waals surface area contributed by atoms with Crippen molar-refractivity contribution in [1.29, 1.82) is 0 Å². The molecule has 6 heteroatoms. The van der Waals surface area contributed by atoms with Crippen LogP contribution in [-0.4, -0.2) is 12.8 Å². The number of benzene rings is 1. The quantitative estimate of drug-likeness (QED) is 0.918. The van der Waals surface area contributed by atoms with Gasteiger partial charge in [0, 0.05) is 10.9 Å². The third-order valence-electron chi connectivity index (χ3n) is 2.48. The van der Waals surface area contributed by atoms with Gasteiger partial charge in [0.25, 0.3) is 0 Å². The van der Waals surface area contributed by atoms with Gasteiger partial charge in [-0.15, -0.1) is 0 Å². The third kappa shape index (κ3) is 2.83. The van der Waals surface area contributed by atoms with Crippen LogP contribution in [0.25, 0.3) is 11.0 Å². The topological polar surface area (TPSA) is 48.4 Å². The molecule has 1 heterocycles. The summed E-state index contributed by atoms with van der Waals surface area (Å²) in [5.41, 5.74) is 6.68. The van der Waals surface area contributed by atoms with Crippen molar-refractivity contribution >= 4 is 11.0 Å². The molecule has 1 aromatic carbocycles. The number of nitrogens with two attached hydrogens (primary N) is 1. The SMILES string of the molecule is NCc1oc2ccccc2c1COCC(F)(F)F. The lowest BCUT2D eigenvalue weighted by Gasteiger charge is -2.07. The van der Waals surface area contributed by atoms with E-state index >= 15 is 0 Å². The molecule has 0 aliphatic carbocycles. The van der Waals surface area contributed by atoms with E-state index in [-0.39, 0.29) is 13.2 Å². The molecule has 0 aliphatic heterocycles. The molecular formula is C12H12F3NO2. The van der Waals surface area contributed by atoms with Crippen LogP contribution in [0.2, 0.25) is 0 Å². The minimum Gasteiger partial charge on any atom is -0.459 e. The zero-order chi connectivity index (χ0) is 13.2. The first-order valence-electron chi connectivity index (χ1n) is 5.35. The van der Waals surface area contributed by atoms with Gasteiger partial charge in [0.1, 0.15) is 18.0 Å². The molecule has 18 heavy (non-hydrogen) atoms. The molecule has 1 aromatic heterocycles. The minimum absolute atomic E-state index is 0.124. The first-order chi connectivity index (χ1) is 8.51. The smallest absolute Gasteiger partial charge is 0.411 e. The summed E-state index contributed by atoms with van der Waals surface area (Å²) in [6.07, 6.45) is -4.33. The Morgan fingerprint density at radius 2 is 1.94 bits per heavy atom. The van der Waals surface area contributed by atoms with Crippen molar-refractivity contribution in [2.75, 3.05) is 6.61 Å². The molecule has 0 fully saturated rings. The molecule has 2 rings (SSSR count). The summed E-state index contributed by atoms with van der Waals surface area (Å²) in [4.78, 5) is 0. The van der Waals surface area contributed by atoms with Crippen LogP contribution in [0.15, 0.2) is 28.7 Å². The van der Waals surface area contributed by atoms with Crippen molar-refractivity contribution in [3.63, 3.8) is 0 Å². The van der Waals surface area contributed by atoms with Gasteiger partial charge in [0.15, 0.2) is 0 Å². The molecule has 0 bridgehead atoms. The van der Waals surface area contributed by atoms with Crippen LogP contribution in [0.3, 0.4) is 0 Å². The summed E-state index contributed by atoms with van der Waals surface area (Å²) in [7, 11) is 0. The predicted octanol–water partition coefficient (Wildman–Crippen LogP) is 2.97. The van der Waals surface area contributed by atoms with Crippen molar-refractivity contribution in [3.8, 4) is 0 Å². The maximum atomic E-state index is 12.0. The molecule has 0 unspecified atom stereocenters. The van der Waals surface area contributed by atoms with Crippen molar-refractivity contribution in [1.82, 2.24) is 0 Å². The van der Waals surface area contributed by atoms with Crippen LogP contribution in [-0.2, 0) is 17.9 Å². The van der Waals surface area contributed by atoms with E-state index in [0.29, 0.717) is 16.9 Å². The Hall–Kier alpha value is -1.53.